The largest absolute Gasteiger partial charge is 0.370 e. The van der Waals surface area contributed by atoms with Crippen LogP contribution in [-0.2, 0) is 0 Å². The molecule has 0 spiro atoms. The molecule has 0 aromatic rings. The SMILES string of the molecule is C=C(C)CN=C(N)NCCCN1CC(C)CC(C)C1.I. The van der Waals surface area contributed by atoms with E-state index in [-0.39, 0.29) is 24.0 Å². The smallest absolute Gasteiger partial charge is 0.188 e. The van der Waals surface area contributed by atoms with Crippen molar-refractivity contribution in [2.75, 3.05) is 32.7 Å². The Bertz CT molecular complexity index is 307. The summed E-state index contributed by atoms with van der Waals surface area (Å²) in [6.45, 7) is 15.6. The van der Waals surface area contributed by atoms with Crippen LogP contribution in [0.4, 0.5) is 0 Å². The molecule has 2 unspecified atom stereocenters. The lowest BCUT2D eigenvalue weighted by Crippen LogP contribution is -2.40. The Balaban J connectivity index is 0.00000361. The first-order chi connectivity index (χ1) is 8.97. The molecule has 0 aromatic carbocycles. The molecule has 20 heavy (non-hydrogen) atoms. The second kappa shape index (κ2) is 10.4. The van der Waals surface area contributed by atoms with Gasteiger partial charge in [-0.25, -0.2) is 4.99 Å². The van der Waals surface area contributed by atoms with Gasteiger partial charge in [-0.2, -0.15) is 0 Å². The number of rotatable bonds is 6. The van der Waals surface area contributed by atoms with Crippen LogP contribution < -0.4 is 11.1 Å². The molecule has 0 bridgehead atoms. The van der Waals surface area contributed by atoms with E-state index in [2.05, 4.69) is 35.6 Å². The monoisotopic (exact) mass is 394 g/mol. The van der Waals surface area contributed by atoms with Gasteiger partial charge in [-0.1, -0.05) is 26.0 Å². The lowest BCUT2D eigenvalue weighted by Gasteiger charge is -2.34. The third-order valence-corrected chi connectivity index (χ3v) is 3.42. The zero-order valence-electron chi connectivity index (χ0n) is 13.2. The van der Waals surface area contributed by atoms with Crippen molar-refractivity contribution in [3.05, 3.63) is 12.2 Å². The van der Waals surface area contributed by atoms with Crippen LogP contribution in [0.25, 0.3) is 0 Å². The first-order valence-electron chi connectivity index (χ1n) is 7.38. The molecule has 1 heterocycles. The molecular formula is C15H31IN4. The summed E-state index contributed by atoms with van der Waals surface area (Å²) in [6, 6.07) is 0. The van der Waals surface area contributed by atoms with Crippen molar-refractivity contribution in [2.24, 2.45) is 22.6 Å². The normalized spacial score (nSPS) is 24.1. The van der Waals surface area contributed by atoms with Crippen LogP contribution in [0.2, 0.25) is 0 Å². The minimum Gasteiger partial charge on any atom is -0.370 e. The molecule has 1 fully saturated rings. The molecule has 2 atom stereocenters. The van der Waals surface area contributed by atoms with Crippen molar-refractivity contribution in [2.45, 2.75) is 33.6 Å². The topological polar surface area (TPSA) is 53.6 Å². The molecule has 0 radical (unpaired) electrons. The maximum Gasteiger partial charge on any atom is 0.188 e. The van der Waals surface area contributed by atoms with Gasteiger partial charge in [0.15, 0.2) is 5.96 Å². The second-order valence-electron chi connectivity index (χ2n) is 6.14. The molecule has 118 valence electrons. The van der Waals surface area contributed by atoms with Crippen molar-refractivity contribution in [1.82, 2.24) is 10.2 Å². The van der Waals surface area contributed by atoms with E-state index in [4.69, 9.17) is 5.73 Å². The number of aliphatic imine (C=N–C) groups is 1. The number of guanidine groups is 1. The highest BCUT2D eigenvalue weighted by atomic mass is 127. The van der Waals surface area contributed by atoms with E-state index < -0.39 is 0 Å². The minimum atomic E-state index is 0. The Kier molecular flexibility index (Phi) is 10.3. The fraction of sp³-hybridized carbons (Fsp3) is 0.800. The minimum absolute atomic E-state index is 0. The summed E-state index contributed by atoms with van der Waals surface area (Å²) in [5.41, 5.74) is 6.80. The first kappa shape index (κ1) is 19.7. The van der Waals surface area contributed by atoms with Gasteiger partial charge in [0.25, 0.3) is 0 Å². The fourth-order valence-corrected chi connectivity index (χ4v) is 2.77. The number of halogens is 1. The van der Waals surface area contributed by atoms with Gasteiger partial charge in [0.1, 0.15) is 0 Å². The predicted octanol–water partition coefficient (Wildman–Crippen LogP) is 2.45. The van der Waals surface area contributed by atoms with Gasteiger partial charge in [-0.05, 0) is 38.1 Å². The fourth-order valence-electron chi connectivity index (χ4n) is 2.77. The predicted molar refractivity (Wildman–Crippen MR) is 98.7 cm³/mol. The number of hydrogen-bond donors (Lipinski definition) is 2. The number of likely N-dealkylation sites (tertiary alicyclic amines) is 1. The quantitative estimate of drug-likeness (QED) is 0.239. The number of piperidine rings is 1. The van der Waals surface area contributed by atoms with Gasteiger partial charge in [0, 0.05) is 19.6 Å². The average molecular weight is 394 g/mol. The van der Waals surface area contributed by atoms with Gasteiger partial charge in [-0.3, -0.25) is 0 Å². The van der Waals surface area contributed by atoms with Crippen LogP contribution in [0, 0.1) is 11.8 Å². The molecule has 1 aliphatic heterocycles. The number of nitrogens with one attached hydrogen (secondary N) is 1. The lowest BCUT2D eigenvalue weighted by molar-refractivity contribution is 0.140. The van der Waals surface area contributed by atoms with E-state index >= 15 is 0 Å². The van der Waals surface area contributed by atoms with Gasteiger partial charge < -0.3 is 16.0 Å². The average Bonchev–Trinajstić information content (AvgIpc) is 2.31. The van der Waals surface area contributed by atoms with Crippen LogP contribution in [-0.4, -0.2) is 43.6 Å². The van der Waals surface area contributed by atoms with E-state index in [0.717, 1.165) is 36.9 Å². The van der Waals surface area contributed by atoms with Crippen LogP contribution in [0.1, 0.15) is 33.6 Å². The Morgan fingerprint density at radius 3 is 2.50 bits per heavy atom. The molecule has 3 N–H and O–H groups in total. The van der Waals surface area contributed by atoms with Gasteiger partial charge in [0.05, 0.1) is 6.54 Å². The molecule has 0 saturated carbocycles. The third-order valence-electron chi connectivity index (χ3n) is 3.42. The molecular weight excluding hydrogens is 363 g/mol. The van der Waals surface area contributed by atoms with Crippen molar-refractivity contribution < 1.29 is 0 Å². The maximum absolute atomic E-state index is 5.77. The van der Waals surface area contributed by atoms with Crippen LogP contribution >= 0.6 is 24.0 Å². The Labute approximate surface area is 141 Å². The molecule has 4 nitrogen and oxygen atoms in total. The summed E-state index contributed by atoms with van der Waals surface area (Å²) in [6.07, 6.45) is 2.48. The Hall–Kier alpha value is -0.300. The zero-order chi connectivity index (χ0) is 14.3. The summed E-state index contributed by atoms with van der Waals surface area (Å²) < 4.78 is 0. The van der Waals surface area contributed by atoms with Gasteiger partial charge in [-0.15, -0.1) is 24.0 Å². The van der Waals surface area contributed by atoms with Crippen molar-refractivity contribution in [1.29, 1.82) is 0 Å². The Morgan fingerprint density at radius 1 is 1.35 bits per heavy atom. The van der Waals surface area contributed by atoms with E-state index in [1.807, 2.05) is 6.92 Å². The highest BCUT2D eigenvalue weighted by Gasteiger charge is 2.20. The highest BCUT2D eigenvalue weighted by Crippen LogP contribution is 2.20. The molecule has 1 rings (SSSR count). The molecule has 0 aromatic heterocycles. The number of hydrogen-bond acceptors (Lipinski definition) is 2. The molecule has 1 saturated heterocycles. The Morgan fingerprint density at radius 2 is 1.95 bits per heavy atom. The van der Waals surface area contributed by atoms with Gasteiger partial charge >= 0.3 is 0 Å². The molecule has 0 amide bonds. The van der Waals surface area contributed by atoms with E-state index in [1.54, 1.807) is 0 Å². The van der Waals surface area contributed by atoms with Crippen LogP contribution in [0.3, 0.4) is 0 Å². The van der Waals surface area contributed by atoms with Crippen molar-refractivity contribution in [3.63, 3.8) is 0 Å². The highest BCUT2D eigenvalue weighted by molar-refractivity contribution is 14.0. The maximum atomic E-state index is 5.77. The summed E-state index contributed by atoms with van der Waals surface area (Å²) in [5.74, 6) is 2.20. The van der Waals surface area contributed by atoms with Crippen molar-refractivity contribution >= 4 is 29.9 Å². The first-order valence-corrected chi connectivity index (χ1v) is 7.38. The standard InChI is InChI=1S/C15H30N4.HI/c1-12(2)9-18-15(16)17-6-5-7-19-10-13(3)8-14(4)11-19;/h13-14H,1,5-11H2,2-4H3,(H3,16,17,18);1H. The van der Waals surface area contributed by atoms with Crippen LogP contribution in [0.5, 0.6) is 0 Å². The van der Waals surface area contributed by atoms with E-state index in [9.17, 15) is 0 Å². The lowest BCUT2D eigenvalue weighted by atomic mass is 9.92. The summed E-state index contributed by atoms with van der Waals surface area (Å²) in [7, 11) is 0. The second-order valence-corrected chi connectivity index (χ2v) is 6.14. The summed E-state index contributed by atoms with van der Waals surface area (Å²) in [4.78, 5) is 6.77. The van der Waals surface area contributed by atoms with E-state index in [0.29, 0.717) is 12.5 Å². The third kappa shape index (κ3) is 8.79. The molecule has 0 aliphatic carbocycles. The van der Waals surface area contributed by atoms with Crippen molar-refractivity contribution in [3.8, 4) is 0 Å². The molecule has 1 aliphatic rings. The summed E-state index contributed by atoms with van der Waals surface area (Å²) >= 11 is 0. The van der Waals surface area contributed by atoms with Crippen LogP contribution in [0.15, 0.2) is 17.1 Å². The molecule has 5 heteroatoms. The van der Waals surface area contributed by atoms with E-state index in [1.165, 1.54) is 19.5 Å². The summed E-state index contributed by atoms with van der Waals surface area (Å²) in [5, 5.41) is 3.16. The van der Waals surface area contributed by atoms with Gasteiger partial charge in [0.2, 0.25) is 0 Å². The number of nitrogens with two attached hydrogens (primary N) is 1. The number of nitrogens with zero attached hydrogens (tertiary/aromatic N) is 2. The zero-order valence-corrected chi connectivity index (χ0v) is 15.5.